The van der Waals surface area contributed by atoms with E-state index >= 15 is 0 Å². The van der Waals surface area contributed by atoms with Crippen LogP contribution < -0.4 is 5.73 Å². The van der Waals surface area contributed by atoms with Crippen molar-refractivity contribution >= 4 is 12.4 Å². The van der Waals surface area contributed by atoms with Crippen molar-refractivity contribution in [3.8, 4) is 17.2 Å². The second-order valence-electron chi connectivity index (χ2n) is 4.80. The molecule has 102 valence electrons. The summed E-state index contributed by atoms with van der Waals surface area (Å²) in [6, 6.07) is 2.68. The SMILES string of the molecule is Cl.N[C@H](c1ccc(O)c(O)c1O)C1CCCCC1. The Morgan fingerprint density at radius 2 is 1.61 bits per heavy atom. The third-order valence-electron chi connectivity index (χ3n) is 3.68. The number of benzene rings is 1. The lowest BCUT2D eigenvalue weighted by molar-refractivity contribution is 0.298. The second-order valence-corrected chi connectivity index (χ2v) is 4.80. The fourth-order valence-electron chi connectivity index (χ4n) is 2.60. The van der Waals surface area contributed by atoms with Crippen molar-refractivity contribution in [1.82, 2.24) is 0 Å². The first kappa shape index (κ1) is 14.9. The van der Waals surface area contributed by atoms with E-state index in [0.717, 1.165) is 12.8 Å². The fraction of sp³-hybridized carbons (Fsp3) is 0.538. The maximum absolute atomic E-state index is 9.79. The second kappa shape index (κ2) is 6.16. The Morgan fingerprint density at radius 1 is 1.00 bits per heavy atom. The molecule has 0 aromatic heterocycles. The Kier molecular flexibility index (Phi) is 5.11. The van der Waals surface area contributed by atoms with Gasteiger partial charge in [0.25, 0.3) is 0 Å². The third-order valence-corrected chi connectivity index (χ3v) is 3.68. The number of hydrogen-bond donors (Lipinski definition) is 4. The van der Waals surface area contributed by atoms with Crippen LogP contribution in [0, 0.1) is 5.92 Å². The van der Waals surface area contributed by atoms with E-state index in [0.29, 0.717) is 11.5 Å². The first-order valence-corrected chi connectivity index (χ1v) is 6.10. The summed E-state index contributed by atoms with van der Waals surface area (Å²) in [6.45, 7) is 0. The van der Waals surface area contributed by atoms with E-state index in [4.69, 9.17) is 5.73 Å². The molecular weight excluding hydrogens is 254 g/mol. The van der Waals surface area contributed by atoms with Crippen LogP contribution in [0.25, 0.3) is 0 Å². The van der Waals surface area contributed by atoms with Gasteiger partial charge in [-0.05, 0) is 30.9 Å². The van der Waals surface area contributed by atoms with E-state index < -0.39 is 5.75 Å². The average Bonchev–Trinajstić information content (AvgIpc) is 2.36. The van der Waals surface area contributed by atoms with Gasteiger partial charge in [0.2, 0.25) is 5.75 Å². The molecule has 1 atom stereocenters. The fourth-order valence-corrected chi connectivity index (χ4v) is 2.60. The summed E-state index contributed by atoms with van der Waals surface area (Å²) >= 11 is 0. The van der Waals surface area contributed by atoms with Crippen LogP contribution in [-0.4, -0.2) is 15.3 Å². The molecule has 1 fully saturated rings. The van der Waals surface area contributed by atoms with Crippen LogP contribution in [0.1, 0.15) is 43.7 Å². The number of rotatable bonds is 2. The highest BCUT2D eigenvalue weighted by atomic mass is 35.5. The molecule has 0 saturated heterocycles. The summed E-state index contributed by atoms with van der Waals surface area (Å²) in [6.07, 6.45) is 5.70. The molecule has 1 aromatic carbocycles. The van der Waals surface area contributed by atoms with Crippen molar-refractivity contribution in [1.29, 1.82) is 0 Å². The Labute approximate surface area is 113 Å². The summed E-state index contributed by atoms with van der Waals surface area (Å²) in [4.78, 5) is 0. The molecule has 0 bridgehead atoms. The van der Waals surface area contributed by atoms with Crippen molar-refractivity contribution in [3.63, 3.8) is 0 Å². The van der Waals surface area contributed by atoms with Gasteiger partial charge in [-0.2, -0.15) is 0 Å². The van der Waals surface area contributed by atoms with Gasteiger partial charge >= 0.3 is 0 Å². The van der Waals surface area contributed by atoms with E-state index in [1.165, 1.54) is 25.3 Å². The molecule has 1 aromatic rings. The highest BCUT2D eigenvalue weighted by molar-refractivity contribution is 5.85. The maximum atomic E-state index is 9.79. The zero-order valence-corrected chi connectivity index (χ0v) is 11.0. The van der Waals surface area contributed by atoms with Crippen molar-refractivity contribution in [3.05, 3.63) is 17.7 Å². The van der Waals surface area contributed by atoms with Crippen molar-refractivity contribution in [2.45, 2.75) is 38.1 Å². The van der Waals surface area contributed by atoms with Crippen LogP contribution in [0.2, 0.25) is 0 Å². The topological polar surface area (TPSA) is 86.7 Å². The van der Waals surface area contributed by atoms with Gasteiger partial charge in [0.15, 0.2) is 11.5 Å². The Morgan fingerprint density at radius 3 is 2.22 bits per heavy atom. The van der Waals surface area contributed by atoms with E-state index in [1.807, 2.05) is 0 Å². The number of phenols is 3. The smallest absolute Gasteiger partial charge is 0.200 e. The minimum Gasteiger partial charge on any atom is -0.504 e. The molecule has 0 amide bonds. The molecule has 5 N–H and O–H groups in total. The van der Waals surface area contributed by atoms with Gasteiger partial charge in [0.05, 0.1) is 0 Å². The summed E-state index contributed by atoms with van der Waals surface area (Å²) in [5.74, 6) is -0.738. The predicted molar refractivity (Wildman–Crippen MR) is 72.2 cm³/mol. The van der Waals surface area contributed by atoms with Crippen LogP contribution in [0.5, 0.6) is 17.2 Å². The molecule has 0 spiro atoms. The van der Waals surface area contributed by atoms with E-state index in [2.05, 4.69) is 0 Å². The number of hydrogen-bond acceptors (Lipinski definition) is 4. The lowest BCUT2D eigenvalue weighted by atomic mass is 9.81. The van der Waals surface area contributed by atoms with Crippen molar-refractivity contribution in [2.75, 3.05) is 0 Å². The van der Waals surface area contributed by atoms with Crippen LogP contribution in [-0.2, 0) is 0 Å². The maximum Gasteiger partial charge on any atom is 0.200 e. The Balaban J connectivity index is 0.00000162. The highest BCUT2D eigenvalue weighted by Gasteiger charge is 2.25. The van der Waals surface area contributed by atoms with Gasteiger partial charge in [0.1, 0.15) is 0 Å². The standard InChI is InChI=1S/C13H19NO3.ClH/c14-11(8-4-2-1-3-5-8)9-6-7-10(15)13(17)12(9)16;/h6-8,11,15-17H,1-5,14H2;1H/t11-;/m0./s1. The molecule has 0 aliphatic heterocycles. The molecule has 1 aliphatic rings. The number of phenolic OH excluding ortho intramolecular Hbond substituents is 3. The monoisotopic (exact) mass is 273 g/mol. The number of halogens is 1. The van der Waals surface area contributed by atoms with Crippen LogP contribution >= 0.6 is 12.4 Å². The van der Waals surface area contributed by atoms with E-state index in [-0.39, 0.29) is 29.9 Å². The first-order chi connectivity index (χ1) is 8.11. The first-order valence-electron chi connectivity index (χ1n) is 6.10. The summed E-state index contributed by atoms with van der Waals surface area (Å²) in [5.41, 5.74) is 6.66. The zero-order chi connectivity index (χ0) is 12.4. The Hall–Kier alpha value is -1.13. The quantitative estimate of drug-likeness (QED) is 0.624. The molecule has 0 radical (unpaired) electrons. The average molecular weight is 274 g/mol. The minimum atomic E-state index is -0.478. The van der Waals surface area contributed by atoms with E-state index in [1.54, 1.807) is 6.07 Å². The van der Waals surface area contributed by atoms with Crippen molar-refractivity contribution < 1.29 is 15.3 Å². The molecular formula is C13H20ClNO3. The normalized spacial score (nSPS) is 18.1. The number of aromatic hydroxyl groups is 3. The molecule has 2 rings (SSSR count). The molecule has 18 heavy (non-hydrogen) atoms. The lowest BCUT2D eigenvalue weighted by Crippen LogP contribution is -2.23. The molecule has 0 heterocycles. The van der Waals surface area contributed by atoms with Gasteiger partial charge in [-0.15, -0.1) is 12.4 Å². The minimum absolute atomic E-state index is 0. The largest absolute Gasteiger partial charge is 0.504 e. The molecule has 5 heteroatoms. The van der Waals surface area contributed by atoms with Gasteiger partial charge in [0, 0.05) is 11.6 Å². The number of nitrogens with two attached hydrogens (primary N) is 1. The molecule has 0 unspecified atom stereocenters. The summed E-state index contributed by atoms with van der Waals surface area (Å²) in [7, 11) is 0. The summed E-state index contributed by atoms with van der Waals surface area (Å²) < 4.78 is 0. The van der Waals surface area contributed by atoms with Gasteiger partial charge < -0.3 is 21.1 Å². The van der Waals surface area contributed by atoms with E-state index in [9.17, 15) is 15.3 Å². The molecule has 1 aliphatic carbocycles. The van der Waals surface area contributed by atoms with Crippen LogP contribution in [0.4, 0.5) is 0 Å². The molecule has 1 saturated carbocycles. The van der Waals surface area contributed by atoms with Crippen molar-refractivity contribution in [2.24, 2.45) is 11.7 Å². The molecule has 4 nitrogen and oxygen atoms in total. The lowest BCUT2D eigenvalue weighted by Gasteiger charge is -2.28. The third kappa shape index (κ3) is 2.82. The van der Waals surface area contributed by atoms with Gasteiger partial charge in [-0.3, -0.25) is 0 Å². The van der Waals surface area contributed by atoms with Crippen LogP contribution in [0.15, 0.2) is 12.1 Å². The zero-order valence-electron chi connectivity index (χ0n) is 10.2. The van der Waals surface area contributed by atoms with Gasteiger partial charge in [-0.1, -0.05) is 19.3 Å². The summed E-state index contributed by atoms with van der Waals surface area (Å²) in [5, 5.41) is 28.5. The highest BCUT2D eigenvalue weighted by Crippen LogP contribution is 2.43. The Bertz CT molecular complexity index is 405. The predicted octanol–water partition coefficient (Wildman–Crippen LogP) is 2.81. The van der Waals surface area contributed by atoms with Gasteiger partial charge in [-0.25, -0.2) is 0 Å². The van der Waals surface area contributed by atoms with Crippen LogP contribution in [0.3, 0.4) is 0 Å².